The van der Waals surface area contributed by atoms with Gasteiger partial charge in [-0.25, -0.2) is 0 Å². The minimum absolute atomic E-state index is 0.319. The summed E-state index contributed by atoms with van der Waals surface area (Å²) in [5.41, 5.74) is 1.33. The third kappa shape index (κ3) is 1.95. The number of carboxylic acids is 1. The Morgan fingerprint density at radius 1 is 1.41 bits per heavy atom. The molecule has 0 unspecified atom stereocenters. The van der Waals surface area contributed by atoms with Crippen molar-refractivity contribution in [2.24, 2.45) is 0 Å². The molecule has 1 aromatic carbocycles. The van der Waals surface area contributed by atoms with Gasteiger partial charge < -0.3 is 5.11 Å². The van der Waals surface area contributed by atoms with Crippen LogP contribution in [-0.2, 0) is 10.2 Å². The summed E-state index contributed by atoms with van der Waals surface area (Å²) in [4.78, 5) is 11.5. The molecule has 2 nitrogen and oxygen atoms in total. The Labute approximate surface area is 107 Å². The van der Waals surface area contributed by atoms with Crippen molar-refractivity contribution >= 4 is 17.6 Å². The highest BCUT2D eigenvalue weighted by Gasteiger charge is 2.47. The van der Waals surface area contributed by atoms with Gasteiger partial charge >= 0.3 is 5.97 Å². The van der Waals surface area contributed by atoms with Gasteiger partial charge in [0.2, 0.25) is 0 Å². The lowest BCUT2D eigenvalue weighted by Crippen LogP contribution is -2.43. The van der Waals surface area contributed by atoms with Crippen molar-refractivity contribution in [2.75, 3.05) is 0 Å². The zero-order valence-electron chi connectivity index (χ0n) is 10.2. The van der Waals surface area contributed by atoms with E-state index in [1.165, 1.54) is 0 Å². The van der Waals surface area contributed by atoms with E-state index < -0.39 is 11.4 Å². The van der Waals surface area contributed by atoms with Crippen molar-refractivity contribution in [3.05, 3.63) is 34.3 Å². The van der Waals surface area contributed by atoms with Crippen molar-refractivity contribution in [3.63, 3.8) is 0 Å². The Morgan fingerprint density at radius 3 is 2.47 bits per heavy atom. The second-order valence-corrected chi connectivity index (χ2v) is 5.56. The second-order valence-electron chi connectivity index (χ2n) is 5.13. The van der Waals surface area contributed by atoms with Gasteiger partial charge in [-0.2, -0.15) is 0 Å². The van der Waals surface area contributed by atoms with Crippen LogP contribution in [0.2, 0.25) is 5.02 Å². The monoisotopic (exact) mass is 252 g/mol. The van der Waals surface area contributed by atoms with Gasteiger partial charge in [-0.15, -0.1) is 0 Å². The number of carbonyl (C=O) groups is 1. The van der Waals surface area contributed by atoms with Crippen LogP contribution in [0.1, 0.15) is 50.2 Å². The Kier molecular flexibility index (Phi) is 3.17. The maximum atomic E-state index is 11.5. The summed E-state index contributed by atoms with van der Waals surface area (Å²) in [6.45, 7) is 4.17. The highest BCUT2D eigenvalue weighted by atomic mass is 35.5. The minimum Gasteiger partial charge on any atom is -0.481 e. The first-order chi connectivity index (χ1) is 7.97. The second kappa shape index (κ2) is 4.34. The van der Waals surface area contributed by atoms with Crippen molar-refractivity contribution in [2.45, 2.75) is 44.4 Å². The molecule has 1 N–H and O–H groups in total. The molecule has 0 atom stereocenters. The number of carboxylic acid groups (broad SMARTS) is 1. The summed E-state index contributed by atoms with van der Waals surface area (Å²) in [6, 6.07) is 5.64. The van der Waals surface area contributed by atoms with Crippen LogP contribution in [0.4, 0.5) is 0 Å². The number of rotatable bonds is 3. The topological polar surface area (TPSA) is 37.3 Å². The molecular weight excluding hydrogens is 236 g/mol. The van der Waals surface area contributed by atoms with Crippen molar-refractivity contribution in [3.8, 4) is 0 Å². The molecule has 1 aliphatic carbocycles. The van der Waals surface area contributed by atoms with E-state index in [1.54, 1.807) is 0 Å². The fourth-order valence-electron chi connectivity index (χ4n) is 2.58. The van der Waals surface area contributed by atoms with Gasteiger partial charge in [-0.3, -0.25) is 4.79 Å². The zero-order chi connectivity index (χ0) is 12.6. The summed E-state index contributed by atoms with van der Waals surface area (Å²) in [5, 5.41) is 10.1. The predicted molar refractivity (Wildman–Crippen MR) is 68.7 cm³/mol. The van der Waals surface area contributed by atoms with Crippen LogP contribution < -0.4 is 0 Å². The molecule has 1 saturated carbocycles. The van der Waals surface area contributed by atoms with E-state index in [9.17, 15) is 9.90 Å². The van der Waals surface area contributed by atoms with Gasteiger partial charge in [-0.05, 0) is 42.0 Å². The third-order valence-electron chi connectivity index (χ3n) is 3.77. The van der Waals surface area contributed by atoms with Crippen molar-refractivity contribution in [1.29, 1.82) is 0 Å². The molecule has 1 aliphatic rings. The van der Waals surface area contributed by atoms with Crippen molar-refractivity contribution in [1.82, 2.24) is 0 Å². The highest BCUT2D eigenvalue weighted by Crippen LogP contribution is 2.47. The van der Waals surface area contributed by atoms with Gasteiger partial charge in [0, 0.05) is 5.02 Å². The molecule has 0 bridgehead atoms. The Hall–Kier alpha value is -1.02. The highest BCUT2D eigenvalue weighted by molar-refractivity contribution is 6.30. The Bertz CT molecular complexity index is 448. The summed E-state index contributed by atoms with van der Waals surface area (Å²) >= 11 is 6.02. The Balaban J connectivity index is 2.56. The molecule has 0 amide bonds. The van der Waals surface area contributed by atoms with E-state index in [1.807, 2.05) is 18.2 Å². The summed E-state index contributed by atoms with van der Waals surface area (Å²) in [5.74, 6) is -0.396. The maximum Gasteiger partial charge on any atom is 0.314 e. The van der Waals surface area contributed by atoms with Gasteiger partial charge in [-0.1, -0.05) is 37.9 Å². The molecule has 0 heterocycles. The maximum absolute atomic E-state index is 11.5. The molecular formula is C14H17ClO2. The van der Waals surface area contributed by atoms with E-state index in [2.05, 4.69) is 13.8 Å². The van der Waals surface area contributed by atoms with Gasteiger partial charge in [0.15, 0.2) is 0 Å². The summed E-state index contributed by atoms with van der Waals surface area (Å²) in [7, 11) is 0. The van der Waals surface area contributed by atoms with Gasteiger partial charge in [0.1, 0.15) is 0 Å². The zero-order valence-corrected chi connectivity index (χ0v) is 10.9. The van der Waals surface area contributed by atoms with Crippen LogP contribution in [-0.4, -0.2) is 11.1 Å². The fraction of sp³-hybridized carbons (Fsp3) is 0.500. The molecule has 0 saturated heterocycles. The number of hydrogen-bond donors (Lipinski definition) is 1. The first-order valence-corrected chi connectivity index (χ1v) is 6.38. The van der Waals surface area contributed by atoms with E-state index in [-0.39, 0.29) is 0 Å². The lowest BCUT2D eigenvalue weighted by Gasteiger charge is -2.40. The van der Waals surface area contributed by atoms with Crippen LogP contribution in [0.25, 0.3) is 0 Å². The summed E-state index contributed by atoms with van der Waals surface area (Å²) in [6.07, 6.45) is 2.43. The van der Waals surface area contributed by atoms with Gasteiger partial charge in [0.25, 0.3) is 0 Å². The number of benzene rings is 1. The van der Waals surface area contributed by atoms with Crippen LogP contribution in [0.3, 0.4) is 0 Å². The molecule has 1 aromatic rings. The normalized spacial score (nSPS) is 17.9. The van der Waals surface area contributed by atoms with E-state index >= 15 is 0 Å². The molecule has 2 rings (SSSR count). The molecule has 92 valence electrons. The largest absolute Gasteiger partial charge is 0.481 e. The molecule has 1 fully saturated rings. The van der Waals surface area contributed by atoms with Crippen LogP contribution in [0.15, 0.2) is 18.2 Å². The molecule has 0 aliphatic heterocycles. The first kappa shape index (κ1) is 12.4. The quantitative estimate of drug-likeness (QED) is 0.884. The van der Waals surface area contributed by atoms with Crippen LogP contribution in [0.5, 0.6) is 0 Å². The fourth-order valence-corrected chi connectivity index (χ4v) is 2.75. The molecule has 3 heteroatoms. The standard InChI is InChI=1S/C14H17ClO2/c1-9(2)11-5-4-10(15)8-12(11)14(13(16)17)6-3-7-14/h4-5,8-9H,3,6-7H2,1-2H3,(H,16,17). The van der Waals surface area contributed by atoms with Crippen molar-refractivity contribution < 1.29 is 9.90 Å². The third-order valence-corrected chi connectivity index (χ3v) is 4.00. The van der Waals surface area contributed by atoms with Gasteiger partial charge in [0.05, 0.1) is 5.41 Å². The lowest BCUT2D eigenvalue weighted by molar-refractivity contribution is -0.147. The minimum atomic E-state index is -0.715. The average Bonchev–Trinajstić information content (AvgIpc) is 2.14. The molecule has 0 spiro atoms. The smallest absolute Gasteiger partial charge is 0.314 e. The number of halogens is 1. The van der Waals surface area contributed by atoms with E-state index in [0.717, 1.165) is 30.4 Å². The Morgan fingerprint density at radius 2 is 2.06 bits per heavy atom. The average molecular weight is 253 g/mol. The number of aliphatic carboxylic acids is 1. The predicted octanol–water partition coefficient (Wildman–Crippen LogP) is 3.97. The van der Waals surface area contributed by atoms with E-state index in [4.69, 9.17) is 11.6 Å². The molecule has 0 radical (unpaired) electrons. The molecule has 17 heavy (non-hydrogen) atoms. The number of hydrogen-bond acceptors (Lipinski definition) is 1. The lowest BCUT2D eigenvalue weighted by atomic mass is 9.62. The SMILES string of the molecule is CC(C)c1ccc(Cl)cc1C1(C(=O)O)CCC1. The van der Waals surface area contributed by atoms with Crippen LogP contribution in [0, 0.1) is 0 Å². The summed E-state index contributed by atoms with van der Waals surface area (Å²) < 4.78 is 0. The van der Waals surface area contributed by atoms with Crippen LogP contribution >= 0.6 is 11.6 Å². The van der Waals surface area contributed by atoms with E-state index in [0.29, 0.717) is 10.9 Å². The molecule has 0 aromatic heterocycles. The first-order valence-electron chi connectivity index (χ1n) is 6.01.